The summed E-state index contributed by atoms with van der Waals surface area (Å²) in [5, 5.41) is 7.24. The van der Waals surface area contributed by atoms with Crippen molar-refractivity contribution in [3.8, 4) is 0 Å². The molecule has 0 saturated heterocycles. The largest absolute Gasteiger partial charge is 0.201 e. The first-order valence-electron chi connectivity index (χ1n) is 2.55. The summed E-state index contributed by atoms with van der Waals surface area (Å²) in [6.07, 6.45) is 3.43. The van der Waals surface area contributed by atoms with Gasteiger partial charge >= 0.3 is 0 Å². The molecule has 52 valence electrons. The van der Waals surface area contributed by atoms with Crippen LogP contribution in [0, 0.1) is 0 Å². The minimum atomic E-state index is 1.35. The Morgan fingerprint density at radius 2 is 2.00 bits per heavy atom. The molecule has 2 rings (SSSR count). The minimum absolute atomic E-state index is 1.35. The zero-order chi connectivity index (χ0) is 7.07. The standard InChI is InChI=1S/C3H3NS.C2H2N2S/c1-2-4-5-3-1;1-2-5-4-3-1/h1-3H;1-2H. The Balaban J connectivity index is 0.0000001000. The van der Waals surface area contributed by atoms with Crippen LogP contribution in [0.3, 0.4) is 0 Å². The molecular weight excluding hydrogens is 166 g/mol. The van der Waals surface area contributed by atoms with E-state index in [2.05, 4.69) is 14.0 Å². The monoisotopic (exact) mass is 171 g/mol. The van der Waals surface area contributed by atoms with Crippen molar-refractivity contribution in [1.29, 1.82) is 0 Å². The molecule has 0 bridgehead atoms. The molecule has 10 heavy (non-hydrogen) atoms. The first-order chi connectivity index (χ1) is 5.00. The Hall–Kier alpha value is -0.810. The van der Waals surface area contributed by atoms with E-state index in [4.69, 9.17) is 0 Å². The zero-order valence-electron chi connectivity index (χ0n) is 5.04. The van der Waals surface area contributed by atoms with Crippen LogP contribution < -0.4 is 0 Å². The molecule has 0 N–H and O–H groups in total. The molecule has 3 nitrogen and oxygen atoms in total. The Bertz CT molecular complexity index is 154. The summed E-state index contributed by atoms with van der Waals surface area (Å²) in [5.41, 5.74) is 0. The molecule has 0 aliphatic rings. The molecule has 0 fully saturated rings. The van der Waals surface area contributed by atoms with Gasteiger partial charge in [0.25, 0.3) is 0 Å². The molecule has 2 aromatic rings. The fraction of sp³-hybridized carbons (Fsp3) is 0. The highest BCUT2D eigenvalue weighted by Gasteiger charge is 1.61. The number of rotatable bonds is 0. The summed E-state index contributed by atoms with van der Waals surface area (Å²) in [6.45, 7) is 0. The molecule has 2 aromatic heterocycles. The third-order valence-electron chi connectivity index (χ3n) is 0.630. The van der Waals surface area contributed by atoms with Crippen molar-refractivity contribution < 1.29 is 0 Å². The van der Waals surface area contributed by atoms with Crippen molar-refractivity contribution >= 4 is 23.1 Å². The maximum Gasteiger partial charge on any atom is 0.0620 e. The first kappa shape index (κ1) is 7.30. The van der Waals surface area contributed by atoms with Gasteiger partial charge in [0, 0.05) is 17.0 Å². The van der Waals surface area contributed by atoms with E-state index in [1.165, 1.54) is 23.1 Å². The van der Waals surface area contributed by atoms with Gasteiger partial charge < -0.3 is 0 Å². The van der Waals surface area contributed by atoms with Crippen LogP contribution in [-0.2, 0) is 0 Å². The van der Waals surface area contributed by atoms with E-state index in [0.717, 1.165) is 0 Å². The van der Waals surface area contributed by atoms with E-state index >= 15 is 0 Å². The van der Waals surface area contributed by atoms with Gasteiger partial charge in [-0.15, -0.1) is 5.10 Å². The topological polar surface area (TPSA) is 38.7 Å². The van der Waals surface area contributed by atoms with E-state index in [9.17, 15) is 0 Å². The first-order valence-corrected chi connectivity index (χ1v) is 4.23. The van der Waals surface area contributed by atoms with Gasteiger partial charge in [0.15, 0.2) is 0 Å². The summed E-state index contributed by atoms with van der Waals surface area (Å²) in [6, 6.07) is 1.91. The number of aromatic nitrogens is 3. The van der Waals surface area contributed by atoms with Crippen LogP contribution in [-0.4, -0.2) is 14.0 Å². The zero-order valence-corrected chi connectivity index (χ0v) is 6.68. The van der Waals surface area contributed by atoms with Gasteiger partial charge in [0.1, 0.15) is 0 Å². The number of hydrogen-bond acceptors (Lipinski definition) is 5. The van der Waals surface area contributed by atoms with Crippen LogP contribution in [0.15, 0.2) is 29.2 Å². The third kappa shape index (κ3) is 3.26. The van der Waals surface area contributed by atoms with Crippen molar-refractivity contribution in [3.63, 3.8) is 0 Å². The summed E-state index contributed by atoms with van der Waals surface area (Å²) < 4.78 is 7.28. The smallest absolute Gasteiger partial charge is 0.0620 e. The number of nitrogens with zero attached hydrogens (tertiary/aromatic N) is 3. The van der Waals surface area contributed by atoms with Gasteiger partial charge in [-0.05, 0) is 29.1 Å². The molecule has 2 heterocycles. The molecule has 0 aromatic carbocycles. The van der Waals surface area contributed by atoms with E-state index in [1.807, 2.05) is 16.8 Å². The van der Waals surface area contributed by atoms with Crippen LogP contribution in [0.2, 0.25) is 0 Å². The second-order valence-corrected chi connectivity index (χ2v) is 2.62. The summed E-state index contributed by atoms with van der Waals surface area (Å²) in [4.78, 5) is 0. The maximum absolute atomic E-state index is 3.76. The van der Waals surface area contributed by atoms with Gasteiger partial charge in [-0.1, -0.05) is 4.49 Å². The third-order valence-corrected chi connectivity index (χ3v) is 1.58. The normalized spacial score (nSPS) is 8.00. The Labute approximate surface area is 66.7 Å². The van der Waals surface area contributed by atoms with Crippen LogP contribution >= 0.6 is 23.1 Å². The van der Waals surface area contributed by atoms with Crippen molar-refractivity contribution in [2.75, 3.05) is 0 Å². The maximum atomic E-state index is 3.76. The highest BCUT2D eigenvalue weighted by Crippen LogP contribution is 1.83. The lowest BCUT2D eigenvalue weighted by Crippen LogP contribution is -1.51. The lowest BCUT2D eigenvalue weighted by molar-refractivity contribution is 1.16. The van der Waals surface area contributed by atoms with E-state index in [-0.39, 0.29) is 0 Å². The highest BCUT2D eigenvalue weighted by molar-refractivity contribution is 7.03. The SMILES string of the molecule is c1cnsc1.c1csnn1. The van der Waals surface area contributed by atoms with Crippen LogP contribution in [0.4, 0.5) is 0 Å². The molecule has 0 saturated carbocycles. The van der Waals surface area contributed by atoms with Crippen molar-refractivity contribution in [3.05, 3.63) is 29.2 Å². The molecular formula is C5H5N3S2. The minimum Gasteiger partial charge on any atom is -0.201 e. The van der Waals surface area contributed by atoms with Gasteiger partial charge in [-0.25, -0.2) is 4.37 Å². The van der Waals surface area contributed by atoms with E-state index in [1.54, 1.807) is 12.4 Å². The van der Waals surface area contributed by atoms with Gasteiger partial charge in [-0.3, -0.25) is 0 Å². The molecule has 0 atom stereocenters. The summed E-state index contributed by atoms with van der Waals surface area (Å²) in [5.74, 6) is 0. The number of hydrogen-bond donors (Lipinski definition) is 0. The van der Waals surface area contributed by atoms with Crippen molar-refractivity contribution in [2.24, 2.45) is 0 Å². The molecule has 5 heteroatoms. The quantitative estimate of drug-likeness (QED) is 0.605. The molecule has 0 aliphatic carbocycles. The van der Waals surface area contributed by atoms with Crippen LogP contribution in [0.1, 0.15) is 0 Å². The molecule has 0 unspecified atom stereocenters. The highest BCUT2D eigenvalue weighted by atomic mass is 32.1. The Morgan fingerprint density at radius 3 is 2.20 bits per heavy atom. The Kier molecular flexibility index (Phi) is 3.66. The molecule has 0 radical (unpaired) electrons. The second kappa shape index (κ2) is 5.01. The van der Waals surface area contributed by atoms with Gasteiger partial charge in [-0.2, -0.15) is 0 Å². The van der Waals surface area contributed by atoms with Crippen LogP contribution in [0.25, 0.3) is 0 Å². The predicted octanol–water partition coefficient (Wildman–Crippen LogP) is 1.68. The van der Waals surface area contributed by atoms with E-state index in [0.29, 0.717) is 0 Å². The van der Waals surface area contributed by atoms with E-state index < -0.39 is 0 Å². The molecule has 0 spiro atoms. The average molecular weight is 171 g/mol. The van der Waals surface area contributed by atoms with Crippen LogP contribution in [0.5, 0.6) is 0 Å². The lowest BCUT2D eigenvalue weighted by Gasteiger charge is -1.41. The molecule has 0 amide bonds. The second-order valence-electron chi connectivity index (χ2n) is 1.28. The fourth-order valence-electron chi connectivity index (χ4n) is 0.312. The lowest BCUT2D eigenvalue weighted by atomic mass is 10.8. The van der Waals surface area contributed by atoms with Crippen molar-refractivity contribution in [2.45, 2.75) is 0 Å². The Morgan fingerprint density at radius 1 is 1.00 bits per heavy atom. The van der Waals surface area contributed by atoms with Gasteiger partial charge in [0.05, 0.1) is 6.20 Å². The van der Waals surface area contributed by atoms with Gasteiger partial charge in [0.2, 0.25) is 0 Å². The predicted molar refractivity (Wildman–Crippen MR) is 42.0 cm³/mol. The summed E-state index contributed by atoms with van der Waals surface area (Å²) in [7, 11) is 0. The fourth-order valence-corrected chi connectivity index (χ4v) is 0.935. The average Bonchev–Trinajstić information content (AvgIpc) is 2.67. The van der Waals surface area contributed by atoms with Crippen molar-refractivity contribution in [1.82, 2.24) is 14.0 Å². The molecule has 0 aliphatic heterocycles. The summed E-state index contributed by atoms with van der Waals surface area (Å²) >= 11 is 2.81.